The third-order valence-electron chi connectivity index (χ3n) is 4.51. The van der Waals surface area contributed by atoms with Crippen LogP contribution in [0.5, 0.6) is 0 Å². The van der Waals surface area contributed by atoms with Crippen molar-refractivity contribution in [2.45, 2.75) is 50.5 Å². The quantitative estimate of drug-likeness (QED) is 0.610. The van der Waals surface area contributed by atoms with Gasteiger partial charge in [0, 0.05) is 33.0 Å². The minimum Gasteiger partial charge on any atom is -0.465 e. The number of hydrogen-bond acceptors (Lipinski definition) is 3. The normalized spacial score (nSPS) is 15.2. The highest BCUT2D eigenvalue weighted by atomic mass is 16.5. The fraction of sp³-hybridized carbons (Fsp3) is 0.632. The smallest absolute Gasteiger partial charge is 0.405 e. The van der Waals surface area contributed by atoms with Crippen molar-refractivity contribution < 1.29 is 19.4 Å². The minimum atomic E-state index is -0.927. The Morgan fingerprint density at radius 1 is 1.04 bits per heavy atom. The van der Waals surface area contributed by atoms with E-state index in [1.807, 2.05) is 0 Å². The Balaban J connectivity index is 2.07. The van der Waals surface area contributed by atoms with Crippen molar-refractivity contribution in [3.63, 3.8) is 0 Å². The van der Waals surface area contributed by atoms with Gasteiger partial charge in [0.15, 0.2) is 0 Å². The number of amides is 1. The highest BCUT2D eigenvalue weighted by Crippen LogP contribution is 2.39. The van der Waals surface area contributed by atoms with E-state index in [0.717, 1.165) is 58.2 Å². The molecule has 2 rings (SSSR count). The Labute approximate surface area is 144 Å². The Hall–Kier alpha value is -1.59. The van der Waals surface area contributed by atoms with Gasteiger partial charge in [-0.1, -0.05) is 18.2 Å². The van der Waals surface area contributed by atoms with Crippen LogP contribution < -0.4 is 5.32 Å². The lowest BCUT2D eigenvalue weighted by Crippen LogP contribution is -2.37. The van der Waals surface area contributed by atoms with Crippen LogP contribution in [-0.2, 0) is 28.7 Å². The molecule has 1 fully saturated rings. The van der Waals surface area contributed by atoms with Crippen LogP contribution in [0.3, 0.4) is 0 Å². The van der Waals surface area contributed by atoms with E-state index in [0.29, 0.717) is 0 Å². The summed E-state index contributed by atoms with van der Waals surface area (Å²) in [7, 11) is 3.45. The summed E-state index contributed by atoms with van der Waals surface area (Å²) in [6.07, 6.45) is 5.65. The van der Waals surface area contributed by atoms with E-state index in [1.165, 1.54) is 16.7 Å². The maximum Gasteiger partial charge on any atom is 0.405 e. The number of carboxylic acid groups (broad SMARTS) is 1. The van der Waals surface area contributed by atoms with E-state index in [2.05, 4.69) is 23.5 Å². The molecule has 0 radical (unpaired) electrons. The molecule has 1 aliphatic carbocycles. The molecule has 0 saturated heterocycles. The summed E-state index contributed by atoms with van der Waals surface area (Å²) >= 11 is 0. The molecule has 1 saturated carbocycles. The van der Waals surface area contributed by atoms with Crippen molar-refractivity contribution in [2.75, 3.05) is 27.4 Å². The van der Waals surface area contributed by atoms with Crippen LogP contribution >= 0.6 is 0 Å². The Bertz CT molecular complexity index is 512. The molecule has 0 heterocycles. The minimum absolute atomic E-state index is 0.249. The summed E-state index contributed by atoms with van der Waals surface area (Å²) in [6, 6.07) is 6.71. The first-order valence-electron chi connectivity index (χ1n) is 8.67. The molecule has 5 nitrogen and oxygen atoms in total. The zero-order valence-electron chi connectivity index (χ0n) is 14.8. The van der Waals surface area contributed by atoms with Gasteiger partial charge in [0.2, 0.25) is 0 Å². The number of ether oxygens (including phenoxy) is 2. The number of aryl methyl sites for hydroxylation is 2. The van der Waals surface area contributed by atoms with Crippen LogP contribution in [0.1, 0.15) is 42.4 Å². The Kier molecular flexibility index (Phi) is 7.06. The maximum atomic E-state index is 11.0. The van der Waals surface area contributed by atoms with E-state index in [-0.39, 0.29) is 5.54 Å². The van der Waals surface area contributed by atoms with Crippen molar-refractivity contribution in [3.8, 4) is 0 Å². The molecule has 0 bridgehead atoms. The standard InChI is InChI=1S/C19H29NO4/c1-23-9-3-5-15-11-16(6-4-10-24-2)13-17(12-15)14-19(7-8-19)20-18(21)22/h11-13,20H,3-10,14H2,1-2H3,(H,21,22). The summed E-state index contributed by atoms with van der Waals surface area (Å²) in [6.45, 7) is 1.52. The molecule has 5 heteroatoms. The van der Waals surface area contributed by atoms with Gasteiger partial charge in [-0.3, -0.25) is 0 Å². The van der Waals surface area contributed by atoms with E-state index in [1.54, 1.807) is 14.2 Å². The zero-order valence-corrected chi connectivity index (χ0v) is 14.8. The third kappa shape index (κ3) is 6.13. The highest BCUT2D eigenvalue weighted by molar-refractivity contribution is 5.66. The van der Waals surface area contributed by atoms with Gasteiger partial charge in [-0.25, -0.2) is 4.79 Å². The van der Waals surface area contributed by atoms with E-state index in [4.69, 9.17) is 14.6 Å². The number of nitrogens with one attached hydrogen (secondary N) is 1. The van der Waals surface area contributed by atoms with Gasteiger partial charge >= 0.3 is 6.09 Å². The molecule has 0 atom stereocenters. The van der Waals surface area contributed by atoms with Crippen LogP contribution in [0, 0.1) is 0 Å². The third-order valence-corrected chi connectivity index (χ3v) is 4.51. The molecule has 0 spiro atoms. The van der Waals surface area contributed by atoms with Crippen molar-refractivity contribution >= 4 is 6.09 Å². The summed E-state index contributed by atoms with van der Waals surface area (Å²) < 4.78 is 10.3. The summed E-state index contributed by atoms with van der Waals surface area (Å²) in [4.78, 5) is 11.0. The average Bonchev–Trinajstić information content (AvgIpc) is 3.26. The second-order valence-corrected chi connectivity index (χ2v) is 6.74. The number of rotatable bonds is 11. The molecule has 1 aromatic rings. The Morgan fingerprint density at radius 2 is 1.54 bits per heavy atom. The monoisotopic (exact) mass is 335 g/mol. The fourth-order valence-electron chi connectivity index (χ4n) is 3.19. The SMILES string of the molecule is COCCCc1cc(CCCOC)cc(CC2(NC(=O)O)CC2)c1. The van der Waals surface area contributed by atoms with Gasteiger partial charge < -0.3 is 19.9 Å². The molecule has 1 aromatic carbocycles. The van der Waals surface area contributed by atoms with Gasteiger partial charge in [0.25, 0.3) is 0 Å². The van der Waals surface area contributed by atoms with Crippen LogP contribution in [0.4, 0.5) is 4.79 Å². The van der Waals surface area contributed by atoms with Crippen molar-refractivity contribution in [1.29, 1.82) is 0 Å². The maximum absolute atomic E-state index is 11.0. The van der Waals surface area contributed by atoms with Crippen molar-refractivity contribution in [1.82, 2.24) is 5.32 Å². The van der Waals surface area contributed by atoms with Gasteiger partial charge in [-0.2, -0.15) is 0 Å². The van der Waals surface area contributed by atoms with Crippen LogP contribution in [0.15, 0.2) is 18.2 Å². The van der Waals surface area contributed by atoms with Gasteiger partial charge in [-0.05, 0) is 61.6 Å². The molecule has 0 unspecified atom stereocenters. The predicted octanol–water partition coefficient (Wildman–Crippen LogP) is 3.19. The molecule has 134 valence electrons. The number of methoxy groups -OCH3 is 2. The molecule has 0 aliphatic heterocycles. The van der Waals surface area contributed by atoms with Gasteiger partial charge in [0.1, 0.15) is 0 Å². The summed E-state index contributed by atoms with van der Waals surface area (Å²) in [5, 5.41) is 11.7. The number of benzene rings is 1. The van der Waals surface area contributed by atoms with E-state index in [9.17, 15) is 4.79 Å². The largest absolute Gasteiger partial charge is 0.465 e. The first-order chi connectivity index (χ1) is 11.6. The average molecular weight is 335 g/mol. The van der Waals surface area contributed by atoms with Crippen LogP contribution in [0.25, 0.3) is 0 Å². The summed E-state index contributed by atoms with van der Waals surface area (Å²) in [5.41, 5.74) is 3.59. The number of carbonyl (C=O) groups is 1. The van der Waals surface area contributed by atoms with Gasteiger partial charge in [0.05, 0.1) is 0 Å². The fourth-order valence-corrected chi connectivity index (χ4v) is 3.19. The Morgan fingerprint density at radius 3 is 1.96 bits per heavy atom. The molecular weight excluding hydrogens is 306 g/mol. The lowest BCUT2D eigenvalue weighted by Gasteiger charge is -2.17. The number of hydrogen-bond donors (Lipinski definition) is 2. The first kappa shape index (κ1) is 18.7. The second kappa shape index (κ2) is 9.04. The summed E-state index contributed by atoms with van der Waals surface area (Å²) in [5.74, 6) is 0. The first-order valence-corrected chi connectivity index (χ1v) is 8.67. The zero-order chi connectivity index (χ0) is 17.4. The van der Waals surface area contributed by atoms with Crippen LogP contribution in [-0.4, -0.2) is 44.2 Å². The predicted molar refractivity (Wildman–Crippen MR) is 93.7 cm³/mol. The molecule has 1 aliphatic rings. The molecule has 2 N–H and O–H groups in total. The molecule has 1 amide bonds. The van der Waals surface area contributed by atoms with Gasteiger partial charge in [-0.15, -0.1) is 0 Å². The highest BCUT2D eigenvalue weighted by Gasteiger charge is 2.44. The molecular formula is C19H29NO4. The van der Waals surface area contributed by atoms with E-state index >= 15 is 0 Å². The molecule has 0 aromatic heterocycles. The van der Waals surface area contributed by atoms with Crippen LogP contribution in [0.2, 0.25) is 0 Å². The molecule has 24 heavy (non-hydrogen) atoms. The topological polar surface area (TPSA) is 67.8 Å². The lowest BCUT2D eigenvalue weighted by molar-refractivity contribution is 0.188. The van der Waals surface area contributed by atoms with E-state index < -0.39 is 6.09 Å². The second-order valence-electron chi connectivity index (χ2n) is 6.74. The van der Waals surface area contributed by atoms with Crippen molar-refractivity contribution in [2.24, 2.45) is 0 Å². The van der Waals surface area contributed by atoms with Crippen molar-refractivity contribution in [3.05, 3.63) is 34.9 Å². The lowest BCUT2D eigenvalue weighted by atomic mass is 9.95.